The molecule has 0 aliphatic heterocycles. The van der Waals surface area contributed by atoms with Crippen molar-refractivity contribution in [3.8, 4) is 22.8 Å². The predicted molar refractivity (Wildman–Crippen MR) is 96.9 cm³/mol. The number of nitrogens with two attached hydrogens (primary N) is 1. The predicted octanol–water partition coefficient (Wildman–Crippen LogP) is 3.93. The van der Waals surface area contributed by atoms with Gasteiger partial charge in [0.15, 0.2) is 11.5 Å². The third kappa shape index (κ3) is 3.76. The fraction of sp³-hybridized carbons (Fsp3) is 0.250. The normalized spacial score (nSPS) is 10.8. The van der Waals surface area contributed by atoms with Crippen LogP contribution in [-0.4, -0.2) is 20.1 Å². The molecule has 25 heavy (non-hydrogen) atoms. The van der Waals surface area contributed by atoms with Crippen LogP contribution in [-0.2, 0) is 11.2 Å². The zero-order valence-electron chi connectivity index (χ0n) is 14.4. The Kier molecular flexibility index (Phi) is 4.93. The minimum Gasteiger partial charge on any atom is -0.493 e. The van der Waals surface area contributed by atoms with Gasteiger partial charge >= 0.3 is 0 Å². The number of benzene rings is 2. The van der Waals surface area contributed by atoms with Crippen LogP contribution in [0.25, 0.3) is 22.3 Å². The number of furan rings is 1. The van der Waals surface area contributed by atoms with Crippen LogP contribution in [0.15, 0.2) is 46.9 Å². The third-order valence-electron chi connectivity index (χ3n) is 4.14. The molecule has 2 N–H and O–H groups in total. The van der Waals surface area contributed by atoms with E-state index in [0.717, 1.165) is 40.7 Å². The Balaban J connectivity index is 1.87. The maximum Gasteiger partial charge on any atom is 0.217 e. The lowest BCUT2D eigenvalue weighted by Gasteiger charge is -2.08. The quantitative estimate of drug-likeness (QED) is 0.708. The zero-order chi connectivity index (χ0) is 17.8. The molecule has 0 bridgehead atoms. The second-order valence-electron chi connectivity index (χ2n) is 5.87. The van der Waals surface area contributed by atoms with Crippen LogP contribution in [0, 0.1) is 0 Å². The Morgan fingerprint density at radius 1 is 1.04 bits per heavy atom. The first-order chi connectivity index (χ1) is 12.1. The monoisotopic (exact) mass is 339 g/mol. The summed E-state index contributed by atoms with van der Waals surface area (Å²) in [4.78, 5) is 10.8. The Bertz CT molecular complexity index is 898. The van der Waals surface area contributed by atoms with Gasteiger partial charge in [-0.25, -0.2) is 0 Å². The minimum atomic E-state index is -0.264. The average Bonchev–Trinajstić information content (AvgIpc) is 3.04. The maximum atomic E-state index is 10.8. The molecule has 1 heterocycles. The standard InChI is InChI=1S/C20H21NO4/c1-23-17-9-7-14(11-19(17)24-2)18-12-15-10-13(4-3-5-20(21)22)6-8-16(15)25-18/h6-12H,3-5H2,1-2H3,(H2,21,22). The van der Waals surface area contributed by atoms with Crippen LogP contribution in [0.1, 0.15) is 18.4 Å². The fourth-order valence-electron chi connectivity index (χ4n) is 2.85. The largest absolute Gasteiger partial charge is 0.493 e. The molecule has 0 aliphatic rings. The highest BCUT2D eigenvalue weighted by Gasteiger charge is 2.11. The molecular weight excluding hydrogens is 318 g/mol. The van der Waals surface area contributed by atoms with Gasteiger partial charge in [0.2, 0.25) is 5.91 Å². The van der Waals surface area contributed by atoms with E-state index in [2.05, 4.69) is 6.07 Å². The first-order valence-corrected chi connectivity index (χ1v) is 8.14. The Morgan fingerprint density at radius 3 is 2.56 bits per heavy atom. The minimum absolute atomic E-state index is 0.264. The molecular formula is C20H21NO4. The molecule has 1 aromatic heterocycles. The highest BCUT2D eigenvalue weighted by atomic mass is 16.5. The van der Waals surface area contributed by atoms with Gasteiger partial charge < -0.3 is 19.6 Å². The number of fused-ring (bicyclic) bond motifs is 1. The summed E-state index contributed by atoms with van der Waals surface area (Å²) in [6.07, 6.45) is 1.97. The van der Waals surface area contributed by atoms with Crippen molar-refractivity contribution in [1.82, 2.24) is 0 Å². The Labute approximate surface area is 146 Å². The van der Waals surface area contributed by atoms with Gasteiger partial charge in [0, 0.05) is 17.4 Å². The van der Waals surface area contributed by atoms with Crippen molar-refractivity contribution in [2.24, 2.45) is 5.73 Å². The first kappa shape index (κ1) is 16.9. The molecule has 5 nitrogen and oxygen atoms in total. The zero-order valence-corrected chi connectivity index (χ0v) is 14.4. The van der Waals surface area contributed by atoms with Gasteiger partial charge in [-0.15, -0.1) is 0 Å². The lowest BCUT2D eigenvalue weighted by Crippen LogP contribution is -2.10. The Morgan fingerprint density at radius 2 is 1.84 bits per heavy atom. The molecule has 0 fully saturated rings. The van der Waals surface area contributed by atoms with Crippen LogP contribution >= 0.6 is 0 Å². The second kappa shape index (κ2) is 7.30. The van der Waals surface area contributed by atoms with Crippen molar-refractivity contribution in [3.63, 3.8) is 0 Å². The number of aryl methyl sites for hydroxylation is 1. The van der Waals surface area contributed by atoms with Crippen molar-refractivity contribution in [2.45, 2.75) is 19.3 Å². The molecule has 3 aromatic rings. The molecule has 130 valence electrons. The van der Waals surface area contributed by atoms with E-state index in [9.17, 15) is 4.79 Å². The van der Waals surface area contributed by atoms with Crippen LogP contribution in [0.3, 0.4) is 0 Å². The highest BCUT2D eigenvalue weighted by Crippen LogP contribution is 2.35. The molecule has 0 aliphatic carbocycles. The molecule has 0 unspecified atom stereocenters. The van der Waals surface area contributed by atoms with E-state index >= 15 is 0 Å². The average molecular weight is 339 g/mol. The topological polar surface area (TPSA) is 74.7 Å². The van der Waals surface area contributed by atoms with Gasteiger partial charge in [0.05, 0.1) is 14.2 Å². The molecule has 0 saturated carbocycles. The summed E-state index contributed by atoms with van der Waals surface area (Å²) < 4.78 is 16.6. The van der Waals surface area contributed by atoms with Crippen molar-refractivity contribution in [3.05, 3.63) is 48.0 Å². The SMILES string of the molecule is COc1ccc(-c2cc3cc(CCCC(N)=O)ccc3o2)cc1OC. The van der Waals surface area contributed by atoms with Crippen LogP contribution in [0.2, 0.25) is 0 Å². The van der Waals surface area contributed by atoms with E-state index in [4.69, 9.17) is 19.6 Å². The van der Waals surface area contributed by atoms with E-state index in [-0.39, 0.29) is 5.91 Å². The van der Waals surface area contributed by atoms with Crippen molar-refractivity contribution in [2.75, 3.05) is 14.2 Å². The number of amides is 1. The van der Waals surface area contributed by atoms with Gasteiger partial charge in [0.25, 0.3) is 0 Å². The van der Waals surface area contributed by atoms with Crippen LogP contribution in [0.5, 0.6) is 11.5 Å². The van der Waals surface area contributed by atoms with Crippen LogP contribution < -0.4 is 15.2 Å². The molecule has 0 saturated heterocycles. The summed E-state index contributed by atoms with van der Waals surface area (Å²) in [5.41, 5.74) is 8.09. The molecule has 3 rings (SSSR count). The number of rotatable bonds is 7. The first-order valence-electron chi connectivity index (χ1n) is 8.14. The van der Waals surface area contributed by atoms with E-state index < -0.39 is 0 Å². The van der Waals surface area contributed by atoms with Gasteiger partial charge in [-0.05, 0) is 54.8 Å². The number of primary amides is 1. The number of carbonyl (C=O) groups excluding carboxylic acids is 1. The summed E-state index contributed by atoms with van der Waals surface area (Å²) >= 11 is 0. The van der Waals surface area contributed by atoms with E-state index in [1.165, 1.54) is 0 Å². The summed E-state index contributed by atoms with van der Waals surface area (Å²) in [5.74, 6) is 1.84. The van der Waals surface area contributed by atoms with Crippen molar-refractivity contribution >= 4 is 16.9 Å². The van der Waals surface area contributed by atoms with Gasteiger partial charge in [-0.3, -0.25) is 4.79 Å². The number of hydrogen-bond acceptors (Lipinski definition) is 4. The summed E-state index contributed by atoms with van der Waals surface area (Å²) in [7, 11) is 3.22. The fourth-order valence-corrected chi connectivity index (χ4v) is 2.85. The number of hydrogen-bond donors (Lipinski definition) is 1. The lowest BCUT2D eigenvalue weighted by molar-refractivity contribution is -0.118. The van der Waals surface area contributed by atoms with Gasteiger partial charge in [-0.1, -0.05) is 6.07 Å². The molecule has 0 radical (unpaired) electrons. The van der Waals surface area contributed by atoms with Crippen molar-refractivity contribution < 1.29 is 18.7 Å². The summed E-state index contributed by atoms with van der Waals surface area (Å²) in [5, 5.41) is 1.03. The lowest BCUT2D eigenvalue weighted by atomic mass is 10.1. The van der Waals surface area contributed by atoms with Gasteiger partial charge in [-0.2, -0.15) is 0 Å². The molecule has 0 atom stereocenters. The highest BCUT2D eigenvalue weighted by molar-refractivity contribution is 5.83. The number of carbonyl (C=O) groups is 1. The summed E-state index contributed by atoms with van der Waals surface area (Å²) in [6.45, 7) is 0. The second-order valence-corrected chi connectivity index (χ2v) is 5.87. The third-order valence-corrected chi connectivity index (χ3v) is 4.14. The smallest absolute Gasteiger partial charge is 0.217 e. The van der Waals surface area contributed by atoms with Crippen molar-refractivity contribution in [1.29, 1.82) is 0 Å². The Hall–Kier alpha value is -2.95. The summed E-state index contributed by atoms with van der Waals surface area (Å²) in [6, 6.07) is 13.8. The van der Waals surface area contributed by atoms with E-state index in [1.54, 1.807) is 14.2 Å². The maximum absolute atomic E-state index is 10.8. The van der Waals surface area contributed by atoms with E-state index in [1.807, 2.05) is 36.4 Å². The number of methoxy groups -OCH3 is 2. The molecule has 2 aromatic carbocycles. The number of ether oxygens (including phenoxy) is 2. The molecule has 5 heteroatoms. The molecule has 0 spiro atoms. The van der Waals surface area contributed by atoms with E-state index in [0.29, 0.717) is 17.9 Å². The van der Waals surface area contributed by atoms with Gasteiger partial charge in [0.1, 0.15) is 11.3 Å². The molecule has 1 amide bonds. The van der Waals surface area contributed by atoms with Crippen LogP contribution in [0.4, 0.5) is 0 Å².